The normalized spacial score (nSPS) is 19.5. The van der Waals surface area contributed by atoms with E-state index in [9.17, 15) is 4.79 Å². The van der Waals surface area contributed by atoms with Crippen LogP contribution in [0.1, 0.15) is 60.2 Å². The second kappa shape index (κ2) is 4.57. The number of Topliss-reactive ketones (excluding diaryl/α,β-unsaturated/α-hetero) is 1. The van der Waals surface area contributed by atoms with Gasteiger partial charge in [0.25, 0.3) is 0 Å². The monoisotopic (exact) mass is 264 g/mol. The van der Waals surface area contributed by atoms with Crippen LogP contribution in [0.25, 0.3) is 0 Å². The van der Waals surface area contributed by atoms with Gasteiger partial charge in [-0.2, -0.15) is 0 Å². The number of hydrogen-bond acceptors (Lipinski definition) is 4. The first kappa shape index (κ1) is 12.0. The molecule has 3 nitrogen and oxygen atoms in total. The fraction of sp³-hybridized carbons (Fsp3) is 0.643. The number of nitrogens with two attached hydrogens (primary N) is 1. The van der Waals surface area contributed by atoms with Gasteiger partial charge in [-0.3, -0.25) is 4.79 Å². The van der Waals surface area contributed by atoms with Crippen LogP contribution in [-0.4, -0.2) is 18.9 Å². The second-order valence-electron chi connectivity index (χ2n) is 5.31. The standard InChI is InChI=1S/C14H20N2OS/c1-2-10(17)13-12(15)11(9-5-6-9)14(18-13)16-7-3-4-8-16/h9H,2-8,15H2,1H3. The van der Waals surface area contributed by atoms with E-state index in [1.165, 1.54) is 36.2 Å². The van der Waals surface area contributed by atoms with Crippen LogP contribution >= 0.6 is 11.3 Å². The summed E-state index contributed by atoms with van der Waals surface area (Å²) >= 11 is 1.64. The third-order valence-electron chi connectivity index (χ3n) is 3.92. The number of rotatable bonds is 4. The second-order valence-corrected chi connectivity index (χ2v) is 6.31. The molecule has 0 radical (unpaired) electrons. The molecule has 2 aliphatic rings. The Balaban J connectivity index is 2.02. The van der Waals surface area contributed by atoms with Crippen LogP contribution < -0.4 is 10.6 Å². The van der Waals surface area contributed by atoms with Crippen molar-refractivity contribution in [2.24, 2.45) is 0 Å². The molecule has 2 N–H and O–H groups in total. The first-order chi connectivity index (χ1) is 8.72. The van der Waals surface area contributed by atoms with E-state index in [1.54, 1.807) is 11.3 Å². The minimum Gasteiger partial charge on any atom is -0.397 e. The first-order valence-corrected chi connectivity index (χ1v) is 7.74. The third kappa shape index (κ3) is 1.92. The van der Waals surface area contributed by atoms with E-state index in [4.69, 9.17) is 5.73 Å². The highest BCUT2D eigenvalue weighted by molar-refractivity contribution is 7.19. The molecule has 1 aromatic heterocycles. The SMILES string of the molecule is CCC(=O)c1sc(N2CCCC2)c(C2CC2)c1N. The minimum absolute atomic E-state index is 0.199. The highest BCUT2D eigenvalue weighted by Crippen LogP contribution is 2.52. The van der Waals surface area contributed by atoms with Gasteiger partial charge in [-0.05, 0) is 31.6 Å². The van der Waals surface area contributed by atoms with Gasteiger partial charge >= 0.3 is 0 Å². The molecule has 1 aromatic rings. The molecule has 1 aliphatic heterocycles. The Morgan fingerprint density at radius 3 is 2.61 bits per heavy atom. The minimum atomic E-state index is 0.199. The molecule has 4 heteroatoms. The zero-order valence-electron chi connectivity index (χ0n) is 10.9. The number of nitrogens with zero attached hydrogens (tertiary/aromatic N) is 1. The molecule has 0 bridgehead atoms. The molecule has 0 amide bonds. The largest absolute Gasteiger partial charge is 0.397 e. The summed E-state index contributed by atoms with van der Waals surface area (Å²) in [6, 6.07) is 0. The van der Waals surface area contributed by atoms with Crippen molar-refractivity contribution in [3.63, 3.8) is 0 Å². The lowest BCUT2D eigenvalue weighted by Gasteiger charge is -2.17. The Labute approximate surface area is 112 Å². The zero-order chi connectivity index (χ0) is 12.7. The van der Waals surface area contributed by atoms with Gasteiger partial charge in [0.2, 0.25) is 0 Å². The van der Waals surface area contributed by atoms with Gasteiger partial charge in [-0.1, -0.05) is 6.92 Å². The maximum Gasteiger partial charge on any atom is 0.174 e. The molecule has 98 valence electrons. The van der Waals surface area contributed by atoms with E-state index < -0.39 is 0 Å². The number of ketones is 1. The Kier molecular flexibility index (Phi) is 3.06. The van der Waals surface area contributed by atoms with Crippen LogP contribution in [0.15, 0.2) is 0 Å². The maximum absolute atomic E-state index is 12.0. The Morgan fingerprint density at radius 1 is 1.39 bits per heavy atom. The number of carbonyl (C=O) groups excluding carboxylic acids is 1. The summed E-state index contributed by atoms with van der Waals surface area (Å²) in [4.78, 5) is 15.2. The van der Waals surface area contributed by atoms with Crippen LogP contribution in [-0.2, 0) is 0 Å². The molecular formula is C14H20N2OS. The van der Waals surface area contributed by atoms with Crippen molar-refractivity contribution in [1.29, 1.82) is 0 Å². The lowest BCUT2D eigenvalue weighted by molar-refractivity contribution is 0.0993. The average Bonchev–Trinajstić information content (AvgIpc) is 2.94. The molecule has 0 unspecified atom stereocenters. The fourth-order valence-corrected chi connectivity index (χ4v) is 4.10. The van der Waals surface area contributed by atoms with Gasteiger partial charge in [0.1, 0.15) is 0 Å². The molecule has 1 saturated heterocycles. The summed E-state index contributed by atoms with van der Waals surface area (Å²) in [5, 5.41) is 1.30. The van der Waals surface area contributed by atoms with Crippen molar-refractivity contribution in [2.45, 2.75) is 44.9 Å². The highest BCUT2D eigenvalue weighted by Gasteiger charge is 2.34. The lowest BCUT2D eigenvalue weighted by atomic mass is 10.1. The Hall–Kier alpha value is -1.03. The number of hydrogen-bond donors (Lipinski definition) is 1. The molecule has 3 rings (SSSR count). The average molecular weight is 264 g/mol. The van der Waals surface area contributed by atoms with Gasteiger partial charge in [0, 0.05) is 25.1 Å². The highest BCUT2D eigenvalue weighted by atomic mass is 32.1. The Morgan fingerprint density at radius 2 is 2.06 bits per heavy atom. The Bertz CT molecular complexity index is 470. The molecule has 0 atom stereocenters. The number of carbonyl (C=O) groups is 1. The van der Waals surface area contributed by atoms with Gasteiger partial charge < -0.3 is 10.6 Å². The summed E-state index contributed by atoms with van der Waals surface area (Å²) in [6.07, 6.45) is 5.55. The van der Waals surface area contributed by atoms with Crippen LogP contribution in [0.3, 0.4) is 0 Å². The predicted molar refractivity (Wildman–Crippen MR) is 76.8 cm³/mol. The van der Waals surface area contributed by atoms with Gasteiger partial charge in [0.05, 0.1) is 15.6 Å². The predicted octanol–water partition coefficient (Wildman–Crippen LogP) is 3.40. The molecule has 2 fully saturated rings. The van der Waals surface area contributed by atoms with Gasteiger partial charge in [-0.25, -0.2) is 0 Å². The first-order valence-electron chi connectivity index (χ1n) is 6.92. The molecule has 2 heterocycles. The van der Waals surface area contributed by atoms with Crippen LogP contribution in [0, 0.1) is 0 Å². The summed E-state index contributed by atoms with van der Waals surface area (Å²) in [5.74, 6) is 0.820. The molecule has 18 heavy (non-hydrogen) atoms. The molecule has 1 saturated carbocycles. The summed E-state index contributed by atoms with van der Waals surface area (Å²) in [5.41, 5.74) is 8.33. The van der Waals surface area contributed by atoms with Crippen LogP contribution in [0.4, 0.5) is 10.7 Å². The van der Waals surface area contributed by atoms with Crippen molar-refractivity contribution < 1.29 is 4.79 Å². The van der Waals surface area contributed by atoms with Crippen molar-refractivity contribution in [3.05, 3.63) is 10.4 Å². The van der Waals surface area contributed by atoms with Crippen molar-refractivity contribution in [2.75, 3.05) is 23.7 Å². The van der Waals surface area contributed by atoms with E-state index in [1.807, 2.05) is 6.92 Å². The van der Waals surface area contributed by atoms with Gasteiger partial charge in [-0.15, -0.1) is 11.3 Å². The number of thiophene rings is 1. The summed E-state index contributed by atoms with van der Waals surface area (Å²) in [6.45, 7) is 4.16. The number of nitrogen functional groups attached to an aromatic ring is 1. The fourth-order valence-electron chi connectivity index (χ4n) is 2.73. The van der Waals surface area contributed by atoms with Gasteiger partial charge in [0.15, 0.2) is 5.78 Å². The smallest absolute Gasteiger partial charge is 0.174 e. The van der Waals surface area contributed by atoms with Crippen molar-refractivity contribution in [1.82, 2.24) is 0 Å². The van der Waals surface area contributed by atoms with Crippen LogP contribution in [0.2, 0.25) is 0 Å². The van der Waals surface area contributed by atoms with E-state index in [0.717, 1.165) is 23.7 Å². The van der Waals surface area contributed by atoms with E-state index in [-0.39, 0.29) is 5.78 Å². The van der Waals surface area contributed by atoms with Crippen LogP contribution in [0.5, 0.6) is 0 Å². The lowest BCUT2D eigenvalue weighted by Crippen LogP contribution is -2.17. The molecule has 0 spiro atoms. The summed E-state index contributed by atoms with van der Waals surface area (Å²) in [7, 11) is 0. The molecular weight excluding hydrogens is 244 g/mol. The zero-order valence-corrected chi connectivity index (χ0v) is 11.7. The number of anilines is 2. The van der Waals surface area contributed by atoms with E-state index in [0.29, 0.717) is 12.3 Å². The molecule has 0 aromatic carbocycles. The van der Waals surface area contributed by atoms with E-state index >= 15 is 0 Å². The van der Waals surface area contributed by atoms with Crippen molar-refractivity contribution in [3.8, 4) is 0 Å². The quantitative estimate of drug-likeness (QED) is 0.848. The van der Waals surface area contributed by atoms with E-state index in [2.05, 4.69) is 4.90 Å². The third-order valence-corrected chi connectivity index (χ3v) is 5.24. The van der Waals surface area contributed by atoms with Crippen molar-refractivity contribution >= 4 is 27.8 Å². The maximum atomic E-state index is 12.0. The molecule has 1 aliphatic carbocycles. The summed E-state index contributed by atoms with van der Waals surface area (Å²) < 4.78 is 0. The topological polar surface area (TPSA) is 46.3 Å².